The molecule has 0 fully saturated rings. The molecular weight excluding hydrogens is 345 g/mol. The lowest BCUT2D eigenvalue weighted by atomic mass is 9.99. The molecule has 8 heteroatoms. The van der Waals surface area contributed by atoms with Crippen molar-refractivity contribution in [3.05, 3.63) is 40.6 Å². The molecule has 0 unspecified atom stereocenters. The van der Waals surface area contributed by atoms with Gasteiger partial charge in [0, 0.05) is 2.74 Å². The predicted molar refractivity (Wildman–Crippen MR) is 86.3 cm³/mol. The van der Waals surface area contributed by atoms with Gasteiger partial charge in [-0.1, -0.05) is 17.7 Å². The molecule has 1 aliphatic rings. The van der Waals surface area contributed by atoms with Gasteiger partial charge in [-0.3, -0.25) is 4.72 Å². The Kier molecular flexibility index (Phi) is 3.51. The number of esters is 1. The van der Waals surface area contributed by atoms with E-state index in [4.69, 9.17) is 24.6 Å². The van der Waals surface area contributed by atoms with E-state index in [1.165, 1.54) is 6.92 Å². The summed E-state index contributed by atoms with van der Waals surface area (Å²) in [6.45, 7) is 1.38. The molecule has 0 spiro atoms. The number of benzene rings is 1. The van der Waals surface area contributed by atoms with E-state index in [1.807, 2.05) is 0 Å². The van der Waals surface area contributed by atoms with E-state index < -0.39 is 67.8 Å². The molecule has 1 aromatic carbocycles. The summed E-state index contributed by atoms with van der Waals surface area (Å²) in [4.78, 5) is 12.2. The van der Waals surface area contributed by atoms with Gasteiger partial charge in [-0.05, 0) is 44.3 Å². The minimum absolute atomic E-state index is 0.0956. The van der Waals surface area contributed by atoms with Gasteiger partial charge in [-0.2, -0.15) is 0 Å². The maximum atomic E-state index is 13.8. The summed E-state index contributed by atoms with van der Waals surface area (Å²) in [5.74, 6) is -2.51. The van der Waals surface area contributed by atoms with Gasteiger partial charge in [0.15, 0.2) is 1.41 Å². The second kappa shape index (κ2) is 7.31. The van der Waals surface area contributed by atoms with Gasteiger partial charge in [-0.15, -0.1) is 0 Å². The molecule has 1 N–H and O–H groups in total. The van der Waals surface area contributed by atoms with E-state index in [0.29, 0.717) is 0 Å². The molecular formula is C15H17ClFNO4S. The maximum absolute atomic E-state index is 13.8. The highest BCUT2D eigenvalue weighted by Crippen LogP contribution is 2.30. The first-order valence-electron chi connectivity index (χ1n) is 9.58. The van der Waals surface area contributed by atoms with Crippen molar-refractivity contribution in [2.45, 2.75) is 31.4 Å². The Morgan fingerprint density at radius 3 is 3.09 bits per heavy atom. The fourth-order valence-corrected chi connectivity index (χ4v) is 3.61. The number of halogens is 2. The molecule has 0 aromatic heterocycles. The van der Waals surface area contributed by atoms with E-state index in [0.717, 1.165) is 6.08 Å². The molecule has 1 aliphatic carbocycles. The second-order valence-electron chi connectivity index (χ2n) is 4.51. The number of carbonyl (C=O) groups excluding carboxylic acids is 1. The number of nitrogens with one attached hydrogen (secondary N) is 1. The molecule has 126 valence electrons. The van der Waals surface area contributed by atoms with Crippen molar-refractivity contribution in [1.29, 1.82) is 0 Å². The number of hydrogen-bond donors (Lipinski definition) is 1. The van der Waals surface area contributed by atoms with E-state index >= 15 is 0 Å². The van der Waals surface area contributed by atoms with Gasteiger partial charge in [0.05, 0.1) is 27.0 Å². The zero-order valence-electron chi connectivity index (χ0n) is 18.0. The van der Waals surface area contributed by atoms with Crippen molar-refractivity contribution < 1.29 is 30.6 Å². The van der Waals surface area contributed by atoms with Crippen LogP contribution in [-0.2, 0) is 19.6 Å². The normalized spacial score (nSPS) is 24.1. The van der Waals surface area contributed by atoms with Crippen molar-refractivity contribution in [2.75, 3.05) is 11.3 Å². The van der Waals surface area contributed by atoms with Gasteiger partial charge in [-0.25, -0.2) is 17.6 Å². The first-order valence-corrected chi connectivity index (χ1v) is 8.52. The zero-order chi connectivity index (χ0) is 22.3. The molecule has 0 saturated heterocycles. The number of hydrogen-bond acceptors (Lipinski definition) is 4. The molecule has 0 saturated carbocycles. The predicted octanol–water partition coefficient (Wildman–Crippen LogP) is 3.26. The standard InChI is InChI=1S/C15H17ClFNO4S/c1-2-22-15(19)11-5-3-4-6-14(11)23(20,21)18-13-8-7-10(17)9-12(13)16/h5,7-9,14,18H,2-4,6H2,1H3/t14-/m1/s1/i3D2,7D,8D,9D/hD. The topological polar surface area (TPSA) is 72.5 Å². The van der Waals surface area contributed by atoms with E-state index in [9.17, 15) is 17.6 Å². The number of anilines is 1. The van der Waals surface area contributed by atoms with Gasteiger partial charge in [0.25, 0.3) is 0 Å². The highest BCUT2D eigenvalue weighted by atomic mass is 35.5. The molecule has 1 atom stereocenters. The van der Waals surface area contributed by atoms with Crippen LogP contribution in [0.15, 0.2) is 29.8 Å². The molecule has 0 bridgehead atoms. The largest absolute Gasteiger partial charge is 0.463 e. The molecule has 0 radical (unpaired) electrons. The van der Waals surface area contributed by atoms with Crippen molar-refractivity contribution in [1.82, 2.24) is 0 Å². The Morgan fingerprint density at radius 1 is 1.65 bits per heavy atom. The van der Waals surface area contributed by atoms with Crippen LogP contribution in [0, 0.1) is 5.82 Å². The highest BCUT2D eigenvalue weighted by molar-refractivity contribution is 7.93. The molecule has 2 rings (SSSR count). The first-order chi connectivity index (χ1) is 13.3. The van der Waals surface area contributed by atoms with Crippen molar-refractivity contribution >= 4 is 33.3 Å². The Labute approximate surface area is 148 Å². The maximum Gasteiger partial charge on any atom is 0.335 e. The Balaban J connectivity index is 2.62. The van der Waals surface area contributed by atoms with Crippen molar-refractivity contribution in [3.63, 3.8) is 0 Å². The summed E-state index contributed by atoms with van der Waals surface area (Å²) in [5.41, 5.74) is -1.41. The third-order valence-corrected chi connectivity index (χ3v) is 4.88. The lowest BCUT2D eigenvalue weighted by Gasteiger charge is -2.24. The van der Waals surface area contributed by atoms with E-state index in [-0.39, 0.29) is 24.2 Å². The first kappa shape index (κ1) is 11.0. The lowest BCUT2D eigenvalue weighted by molar-refractivity contribution is -0.138. The van der Waals surface area contributed by atoms with Crippen LogP contribution in [0.5, 0.6) is 0 Å². The number of rotatable bonds is 5. The summed E-state index contributed by atoms with van der Waals surface area (Å²) >= 11 is 5.79. The van der Waals surface area contributed by atoms with E-state index in [2.05, 4.69) is 0 Å². The molecule has 0 heterocycles. The number of carbonyl (C=O) groups is 1. The lowest BCUT2D eigenvalue weighted by Crippen LogP contribution is -2.34. The number of allylic oxidation sites excluding steroid dienone is 1. The van der Waals surface area contributed by atoms with Crippen LogP contribution >= 0.6 is 11.6 Å². The molecule has 0 amide bonds. The van der Waals surface area contributed by atoms with Gasteiger partial charge in [0.2, 0.25) is 10.0 Å². The Morgan fingerprint density at radius 2 is 2.39 bits per heavy atom. The van der Waals surface area contributed by atoms with Crippen LogP contribution in [-0.4, -0.2) is 26.2 Å². The SMILES string of the molecule is [2H]c1c([2H])c(N([2H])S(=O)(=O)[C@@H]2CCC([2H])([2H])C=C2C(=O)OCC)c(Cl)c([2H])c1F. The minimum atomic E-state index is -4.80. The van der Waals surface area contributed by atoms with E-state index in [1.54, 1.807) is 0 Å². The van der Waals surface area contributed by atoms with Crippen LogP contribution in [0.25, 0.3) is 0 Å². The summed E-state index contributed by atoms with van der Waals surface area (Å²) in [5, 5.41) is -2.54. The van der Waals surface area contributed by atoms with Crippen molar-refractivity contribution in [3.8, 4) is 0 Å². The Bertz CT molecular complexity index is 959. The van der Waals surface area contributed by atoms with Gasteiger partial charge < -0.3 is 4.74 Å². The Hall–Kier alpha value is -1.60. The average Bonchev–Trinajstić information content (AvgIpc) is 2.64. The smallest absolute Gasteiger partial charge is 0.335 e. The van der Waals surface area contributed by atoms with Gasteiger partial charge >= 0.3 is 5.97 Å². The fraction of sp³-hybridized carbons (Fsp3) is 0.400. The third-order valence-electron chi connectivity index (χ3n) is 2.96. The van der Waals surface area contributed by atoms with Gasteiger partial charge in [0.1, 0.15) is 11.1 Å². The molecule has 0 aliphatic heterocycles. The third kappa shape index (κ3) is 4.23. The quantitative estimate of drug-likeness (QED) is 0.811. The van der Waals surface area contributed by atoms with Crippen LogP contribution < -0.4 is 4.72 Å². The number of sulfonamides is 1. The molecule has 1 aromatic rings. The average molecular weight is 368 g/mol. The second-order valence-corrected chi connectivity index (χ2v) is 6.67. The fourth-order valence-electron chi connectivity index (χ4n) is 1.97. The molecule has 5 nitrogen and oxygen atoms in total. The van der Waals surface area contributed by atoms with Crippen LogP contribution in [0.3, 0.4) is 0 Å². The van der Waals surface area contributed by atoms with Crippen molar-refractivity contribution in [2.24, 2.45) is 0 Å². The van der Waals surface area contributed by atoms with Crippen LogP contribution in [0.1, 0.15) is 33.0 Å². The monoisotopic (exact) mass is 367 g/mol. The minimum Gasteiger partial charge on any atom is -0.463 e. The molecule has 23 heavy (non-hydrogen) atoms. The summed E-state index contributed by atoms with van der Waals surface area (Å²) in [6.07, 6.45) is -1.79. The van der Waals surface area contributed by atoms with Crippen LogP contribution in [0.4, 0.5) is 10.1 Å². The van der Waals surface area contributed by atoms with Crippen LogP contribution in [0.2, 0.25) is 6.43 Å². The summed E-state index contributed by atoms with van der Waals surface area (Å²) in [6, 6.07) is -3.17. The summed E-state index contributed by atoms with van der Waals surface area (Å²) in [7, 11) is -4.80. The zero-order valence-corrected chi connectivity index (χ0v) is 13.6. The highest BCUT2D eigenvalue weighted by Gasteiger charge is 2.35. The number of ether oxygens (including phenoxy) is 1. The summed E-state index contributed by atoms with van der Waals surface area (Å²) < 4.78 is 90.8.